The van der Waals surface area contributed by atoms with Crippen molar-refractivity contribution in [2.24, 2.45) is 13.0 Å². The Morgan fingerprint density at radius 3 is 2.28 bits per heavy atom. The van der Waals surface area contributed by atoms with Gasteiger partial charge in [0.25, 0.3) is 5.91 Å². The summed E-state index contributed by atoms with van der Waals surface area (Å²) in [7, 11) is 1.69. The summed E-state index contributed by atoms with van der Waals surface area (Å²) in [6.07, 6.45) is 5.45. The fourth-order valence-electron chi connectivity index (χ4n) is 12.5. The smallest absolute Gasteiger partial charge is 0.376 e. The van der Waals surface area contributed by atoms with E-state index in [2.05, 4.69) is 41.2 Å². The molecule has 19 heteroatoms. The fourth-order valence-corrected chi connectivity index (χ4v) is 12.5. The van der Waals surface area contributed by atoms with Crippen molar-refractivity contribution in [1.82, 2.24) is 48.3 Å². The molecule has 0 unspecified atom stereocenters. The first-order valence-corrected chi connectivity index (χ1v) is 24.6. The van der Waals surface area contributed by atoms with E-state index in [4.69, 9.17) is 14.4 Å². The van der Waals surface area contributed by atoms with Gasteiger partial charge in [-0.25, -0.2) is 31.8 Å². The number of carbonyl (C=O) groups excluding carboxylic acids is 1. The lowest BCUT2D eigenvalue weighted by Crippen LogP contribution is -2.53. The minimum absolute atomic E-state index is 0.00747. The van der Waals surface area contributed by atoms with Crippen LogP contribution in [0.15, 0.2) is 81.2 Å². The second kappa shape index (κ2) is 15.7. The summed E-state index contributed by atoms with van der Waals surface area (Å²) in [5.74, 6) is -4.63. The molecule has 12 rings (SSSR count). The van der Waals surface area contributed by atoms with Crippen molar-refractivity contribution in [3.8, 4) is 17.2 Å². The molecule has 3 aromatic carbocycles. The number of rotatable bonds is 7. The Morgan fingerprint density at radius 2 is 1.60 bits per heavy atom. The Kier molecular flexibility index (Phi) is 10.1. The lowest BCUT2D eigenvalue weighted by atomic mass is 9.66. The van der Waals surface area contributed by atoms with E-state index < -0.39 is 64.7 Å². The first-order chi connectivity index (χ1) is 34.2. The zero-order valence-corrected chi connectivity index (χ0v) is 41.0. The Bertz CT molecular complexity index is 3650. The molecule has 4 aliphatic rings. The summed E-state index contributed by atoms with van der Waals surface area (Å²) in [4.78, 5) is 48.2. The molecule has 1 N–H and O–H groups in total. The highest BCUT2D eigenvalue weighted by molar-refractivity contribution is 6.00. The molecule has 2 aliphatic carbocycles. The molecule has 2 saturated carbocycles. The van der Waals surface area contributed by atoms with E-state index in [-0.39, 0.29) is 65.2 Å². The molecule has 72 heavy (non-hydrogen) atoms. The van der Waals surface area contributed by atoms with Crippen LogP contribution in [-0.4, -0.2) is 78.9 Å². The van der Waals surface area contributed by atoms with Crippen LogP contribution in [0.4, 0.5) is 17.6 Å². The number of nitrogens with zero attached hydrogens (tertiary/aromatic N) is 9. The first-order valence-electron chi connectivity index (χ1n) is 24.6. The Hall–Kier alpha value is -7.02. The van der Waals surface area contributed by atoms with E-state index in [1.807, 2.05) is 30.5 Å². The molecule has 8 aromatic rings. The van der Waals surface area contributed by atoms with Gasteiger partial charge in [-0.2, -0.15) is 10.2 Å². The van der Waals surface area contributed by atoms with E-state index in [0.717, 1.165) is 29.3 Å². The minimum Gasteiger partial charge on any atom is -0.376 e. The van der Waals surface area contributed by atoms with Gasteiger partial charge in [0.2, 0.25) is 5.92 Å². The molecule has 7 heterocycles. The number of aryl methyl sites for hydroxylation is 3. The maximum atomic E-state index is 16.4. The van der Waals surface area contributed by atoms with E-state index in [1.54, 1.807) is 44.0 Å². The van der Waals surface area contributed by atoms with Gasteiger partial charge in [0, 0.05) is 67.3 Å². The highest BCUT2D eigenvalue weighted by atomic mass is 19.3. The molecule has 2 aliphatic heterocycles. The molecule has 1 spiro atoms. The molecule has 3 fully saturated rings. The topological polar surface area (TPSA) is 156 Å². The van der Waals surface area contributed by atoms with Gasteiger partial charge in [-0.3, -0.25) is 28.1 Å². The maximum absolute atomic E-state index is 16.4. The number of hydrogen-bond donors (Lipinski definition) is 1. The number of aromatic amines is 1. The molecule has 374 valence electrons. The van der Waals surface area contributed by atoms with E-state index in [1.165, 1.54) is 43.2 Å². The average molecular weight is 987 g/mol. The van der Waals surface area contributed by atoms with Crippen LogP contribution in [0.3, 0.4) is 0 Å². The van der Waals surface area contributed by atoms with Crippen LogP contribution >= 0.6 is 0 Å². The van der Waals surface area contributed by atoms with Gasteiger partial charge < -0.3 is 14.2 Å². The van der Waals surface area contributed by atoms with Crippen molar-refractivity contribution in [2.45, 2.75) is 121 Å². The third-order valence-electron chi connectivity index (χ3n) is 16.5. The predicted octanol–water partition coefficient (Wildman–Crippen LogP) is 9.35. The average Bonchev–Trinajstić information content (AvgIpc) is 3.98. The fraction of sp³-hybridized carbons (Fsp3) is 0.434. The second-order valence-electron chi connectivity index (χ2n) is 21.5. The Labute approximate surface area is 410 Å². The van der Waals surface area contributed by atoms with Gasteiger partial charge in [-0.15, -0.1) is 0 Å². The SMILES string of the molecule is Cc1cc(-n2nc3c(c2-n2ccn(-c4ccc5c(cnn5C)c4F)c2=O)[C@H](C)N(C(=O)c2cc4cc([C@H]5CCOC(C)(C)C5)ccc4n2[C@@]2(c4noc(=O)[nH]4)C[C@@H]2C)CC32CCC(F)(F)CC2)cc(C)c1F. The normalized spacial score (nSPS) is 23.3. The number of fused-ring (bicyclic) bond motifs is 4. The molecule has 0 radical (unpaired) electrons. The van der Waals surface area contributed by atoms with Crippen molar-refractivity contribution in [2.75, 3.05) is 13.2 Å². The zero-order chi connectivity index (χ0) is 50.6. The minimum atomic E-state index is -2.97. The summed E-state index contributed by atoms with van der Waals surface area (Å²) in [5.41, 5.74) is 1.42. The molecule has 1 saturated heterocycles. The summed E-state index contributed by atoms with van der Waals surface area (Å²) in [6.45, 7) is 11.9. The number of carbonyl (C=O) groups is 1. The molecule has 15 nitrogen and oxygen atoms in total. The van der Waals surface area contributed by atoms with E-state index >= 15 is 27.2 Å². The van der Waals surface area contributed by atoms with E-state index in [9.17, 15) is 4.79 Å². The number of aromatic nitrogens is 9. The Morgan fingerprint density at radius 1 is 0.889 bits per heavy atom. The molecular formula is C53H54F4N10O5. The predicted molar refractivity (Wildman–Crippen MR) is 259 cm³/mol. The van der Waals surface area contributed by atoms with Crippen molar-refractivity contribution >= 4 is 27.7 Å². The highest BCUT2D eigenvalue weighted by Crippen LogP contribution is 2.57. The van der Waals surface area contributed by atoms with Crippen molar-refractivity contribution < 1.29 is 31.6 Å². The Balaban J connectivity index is 1.07. The van der Waals surface area contributed by atoms with Crippen LogP contribution in [-0.2, 0) is 22.7 Å². The maximum Gasteiger partial charge on any atom is 0.438 e. The molecule has 1 amide bonds. The summed E-state index contributed by atoms with van der Waals surface area (Å²) < 4.78 is 81.4. The lowest BCUT2D eigenvalue weighted by molar-refractivity contribution is -0.0596. The molecule has 0 bridgehead atoms. The number of H-pyrrole nitrogens is 1. The third kappa shape index (κ3) is 6.85. The summed E-state index contributed by atoms with van der Waals surface area (Å²) >= 11 is 0. The number of nitrogens with one attached hydrogen (secondary N) is 1. The van der Waals surface area contributed by atoms with Crippen LogP contribution < -0.4 is 11.4 Å². The largest absolute Gasteiger partial charge is 0.438 e. The van der Waals surface area contributed by atoms with Gasteiger partial charge in [0.05, 0.1) is 45.8 Å². The first kappa shape index (κ1) is 46.1. The quantitative estimate of drug-likeness (QED) is 0.155. The molecule has 4 atom stereocenters. The van der Waals surface area contributed by atoms with Crippen molar-refractivity contribution in [3.63, 3.8) is 0 Å². The number of ether oxygens (including phenoxy) is 1. The number of hydrogen-bond acceptors (Lipinski definition) is 8. The van der Waals surface area contributed by atoms with Crippen LogP contribution in [0, 0.1) is 31.4 Å². The monoisotopic (exact) mass is 986 g/mol. The zero-order valence-electron chi connectivity index (χ0n) is 41.0. The van der Waals surface area contributed by atoms with Gasteiger partial charge in [-0.05, 0) is 138 Å². The number of halogens is 4. The van der Waals surface area contributed by atoms with Crippen LogP contribution in [0.25, 0.3) is 39.0 Å². The number of benzene rings is 3. The van der Waals surface area contributed by atoms with E-state index in [0.29, 0.717) is 46.6 Å². The van der Waals surface area contributed by atoms with Gasteiger partial charge in [0.15, 0.2) is 11.6 Å². The standard InChI is InChI=1S/C53H54F4N10O5/c1-28-20-35(21-29(2)42(28)54)67-45(64-18-17-63(49(64)70)39-11-10-38-36(43(39)55)26-58-62(38)7)41-31(4)65(27-51(44(41)60-67)13-15-52(56,57)16-14-51)46(68)40-23-34-22-32(33-12-19-71-50(5,6)25-33)8-9-37(34)66(40)53(24-30(53)3)47-59-48(69)72-61-47/h8-11,17-18,20-23,26,30-31,33H,12-16,19,24-25,27H2,1-7H3,(H,59,61,69)/t30-,31-,33-,53-/m0/s1. The third-order valence-corrected chi connectivity index (χ3v) is 16.5. The number of imidazole rings is 1. The lowest BCUT2D eigenvalue weighted by Gasteiger charge is -2.48. The van der Waals surface area contributed by atoms with Crippen LogP contribution in [0.1, 0.15) is 129 Å². The van der Waals surface area contributed by atoms with Gasteiger partial charge in [0.1, 0.15) is 22.9 Å². The molecular weight excluding hydrogens is 933 g/mol. The highest BCUT2D eigenvalue weighted by Gasteiger charge is 2.60. The summed E-state index contributed by atoms with van der Waals surface area (Å²) in [6, 6.07) is 13.6. The van der Waals surface area contributed by atoms with Crippen LogP contribution in [0.2, 0.25) is 0 Å². The van der Waals surface area contributed by atoms with Gasteiger partial charge >= 0.3 is 11.4 Å². The van der Waals surface area contributed by atoms with Crippen LogP contribution in [0.5, 0.6) is 0 Å². The summed E-state index contributed by atoms with van der Waals surface area (Å²) in [5, 5.41) is 14.6. The number of amides is 1. The molecule has 5 aromatic heterocycles. The second-order valence-corrected chi connectivity index (χ2v) is 21.5. The van der Waals surface area contributed by atoms with Crippen molar-refractivity contribution in [3.05, 3.63) is 139 Å². The van der Waals surface area contributed by atoms with Crippen molar-refractivity contribution in [1.29, 1.82) is 0 Å². The van der Waals surface area contributed by atoms with Gasteiger partial charge in [-0.1, -0.05) is 18.1 Å². The number of alkyl halides is 2.